The van der Waals surface area contributed by atoms with Crippen molar-refractivity contribution in [3.8, 4) is 0 Å². The van der Waals surface area contributed by atoms with E-state index < -0.39 is 5.91 Å². The first-order valence-corrected chi connectivity index (χ1v) is 4.52. The predicted octanol–water partition coefficient (Wildman–Crippen LogP) is 0.881. The van der Waals surface area contributed by atoms with Gasteiger partial charge in [-0.3, -0.25) is 4.79 Å². The van der Waals surface area contributed by atoms with Crippen LogP contribution < -0.4 is 5.73 Å². The molecular formula is C9H7ClN4O. The van der Waals surface area contributed by atoms with Gasteiger partial charge in [0.25, 0.3) is 0 Å². The second kappa shape index (κ2) is 3.70. The average molecular weight is 223 g/mol. The zero-order valence-electron chi connectivity index (χ0n) is 7.59. The highest BCUT2D eigenvalue weighted by Crippen LogP contribution is 2.12. The molecule has 5 nitrogen and oxygen atoms in total. The monoisotopic (exact) mass is 222 g/mol. The fourth-order valence-corrected chi connectivity index (χ4v) is 1.29. The molecule has 2 aromatic rings. The number of fused-ring (bicyclic) bond motifs is 1. The Labute approximate surface area is 90.2 Å². The molecule has 0 radical (unpaired) electrons. The molecule has 0 saturated heterocycles. The summed E-state index contributed by atoms with van der Waals surface area (Å²) in [4.78, 5) is 14.6. The number of primary amides is 1. The fraction of sp³-hybridized carbons (Fsp3) is 0. The van der Waals surface area contributed by atoms with Gasteiger partial charge in [-0.2, -0.15) is 5.10 Å². The number of aromatic nitrogens is 3. The maximum absolute atomic E-state index is 10.6. The second-order valence-corrected chi connectivity index (χ2v) is 3.24. The summed E-state index contributed by atoms with van der Waals surface area (Å²) in [5, 5.41) is 4.40. The van der Waals surface area contributed by atoms with Gasteiger partial charge in [-0.15, -0.1) is 0 Å². The van der Waals surface area contributed by atoms with E-state index in [1.165, 1.54) is 6.08 Å². The molecule has 0 spiro atoms. The fourth-order valence-electron chi connectivity index (χ4n) is 1.15. The van der Waals surface area contributed by atoms with E-state index in [-0.39, 0.29) is 0 Å². The van der Waals surface area contributed by atoms with Gasteiger partial charge < -0.3 is 5.73 Å². The van der Waals surface area contributed by atoms with Crippen molar-refractivity contribution >= 4 is 29.2 Å². The molecule has 0 aromatic carbocycles. The summed E-state index contributed by atoms with van der Waals surface area (Å²) >= 11 is 5.74. The standard InChI is InChI=1S/C9H7ClN4O/c10-7-3-4-14-9(13-7)6(5-12-14)1-2-8(11)15/h1-5H,(H2,11,15). The molecule has 0 atom stereocenters. The quantitative estimate of drug-likeness (QED) is 0.606. The Morgan fingerprint density at radius 3 is 3.13 bits per heavy atom. The maximum Gasteiger partial charge on any atom is 0.241 e. The summed E-state index contributed by atoms with van der Waals surface area (Å²) in [6.45, 7) is 0. The Kier molecular flexibility index (Phi) is 2.39. The van der Waals surface area contributed by atoms with E-state index in [0.29, 0.717) is 16.4 Å². The molecule has 15 heavy (non-hydrogen) atoms. The molecule has 76 valence electrons. The lowest BCUT2D eigenvalue weighted by Gasteiger charge is -1.93. The Morgan fingerprint density at radius 1 is 1.60 bits per heavy atom. The lowest BCUT2D eigenvalue weighted by atomic mass is 10.3. The number of carbonyl (C=O) groups excluding carboxylic acids is 1. The average Bonchev–Trinajstić information content (AvgIpc) is 2.57. The van der Waals surface area contributed by atoms with E-state index in [2.05, 4.69) is 10.1 Å². The molecule has 2 rings (SSSR count). The highest BCUT2D eigenvalue weighted by Gasteiger charge is 2.02. The maximum atomic E-state index is 10.6. The minimum Gasteiger partial charge on any atom is -0.366 e. The number of nitrogens with two attached hydrogens (primary N) is 1. The van der Waals surface area contributed by atoms with Crippen molar-refractivity contribution in [2.45, 2.75) is 0 Å². The molecule has 2 N–H and O–H groups in total. The summed E-state index contributed by atoms with van der Waals surface area (Å²) in [6, 6.07) is 1.63. The molecule has 0 saturated carbocycles. The normalized spacial score (nSPS) is 11.3. The third kappa shape index (κ3) is 1.97. The van der Waals surface area contributed by atoms with Crippen LogP contribution in [0, 0.1) is 0 Å². The first-order valence-electron chi connectivity index (χ1n) is 4.14. The van der Waals surface area contributed by atoms with Gasteiger partial charge >= 0.3 is 0 Å². The highest BCUT2D eigenvalue weighted by molar-refractivity contribution is 6.29. The smallest absolute Gasteiger partial charge is 0.241 e. The van der Waals surface area contributed by atoms with Gasteiger partial charge in [-0.25, -0.2) is 9.50 Å². The van der Waals surface area contributed by atoms with Gasteiger partial charge in [0.2, 0.25) is 5.91 Å². The van der Waals surface area contributed by atoms with E-state index in [0.717, 1.165) is 0 Å². The molecule has 2 heterocycles. The zero-order chi connectivity index (χ0) is 10.8. The van der Waals surface area contributed by atoms with Gasteiger partial charge in [0.05, 0.1) is 6.20 Å². The van der Waals surface area contributed by atoms with Crippen molar-refractivity contribution in [1.82, 2.24) is 14.6 Å². The molecule has 0 aliphatic rings. The van der Waals surface area contributed by atoms with Crippen LogP contribution in [0.4, 0.5) is 0 Å². The number of hydrogen-bond donors (Lipinski definition) is 1. The Bertz CT molecular complexity index is 546. The van der Waals surface area contributed by atoms with Crippen LogP contribution in [0.2, 0.25) is 5.15 Å². The second-order valence-electron chi connectivity index (χ2n) is 2.85. The summed E-state index contributed by atoms with van der Waals surface area (Å²) in [5.41, 5.74) is 6.26. The molecule has 0 fully saturated rings. The van der Waals surface area contributed by atoms with Crippen molar-refractivity contribution < 1.29 is 4.79 Å². The minimum absolute atomic E-state index is 0.372. The molecule has 0 unspecified atom stereocenters. The van der Waals surface area contributed by atoms with Crippen LogP contribution in [0.15, 0.2) is 24.5 Å². The third-order valence-corrected chi connectivity index (χ3v) is 2.00. The van der Waals surface area contributed by atoms with Crippen LogP contribution in [-0.4, -0.2) is 20.5 Å². The molecule has 1 amide bonds. The zero-order valence-corrected chi connectivity index (χ0v) is 8.35. The van der Waals surface area contributed by atoms with Gasteiger partial charge in [0.1, 0.15) is 5.15 Å². The number of rotatable bonds is 2. The molecular weight excluding hydrogens is 216 g/mol. The van der Waals surface area contributed by atoms with Gasteiger partial charge in [-0.1, -0.05) is 11.6 Å². The number of amides is 1. The molecule has 6 heteroatoms. The number of nitrogens with zero attached hydrogens (tertiary/aromatic N) is 3. The van der Waals surface area contributed by atoms with Crippen LogP contribution in [0.25, 0.3) is 11.7 Å². The van der Waals surface area contributed by atoms with Crippen LogP contribution in [-0.2, 0) is 4.79 Å². The van der Waals surface area contributed by atoms with E-state index in [9.17, 15) is 4.79 Å². The first kappa shape index (κ1) is 9.67. The van der Waals surface area contributed by atoms with E-state index in [1.54, 1.807) is 29.1 Å². The summed E-state index contributed by atoms with van der Waals surface area (Å²) < 4.78 is 1.56. The minimum atomic E-state index is -0.517. The SMILES string of the molecule is NC(=O)C=Cc1cnn2ccc(Cl)nc12. The van der Waals surface area contributed by atoms with Crippen LogP contribution in [0.3, 0.4) is 0 Å². The lowest BCUT2D eigenvalue weighted by Crippen LogP contribution is -2.05. The molecule has 0 bridgehead atoms. The van der Waals surface area contributed by atoms with Gasteiger partial charge in [0.15, 0.2) is 5.65 Å². The largest absolute Gasteiger partial charge is 0.366 e. The van der Waals surface area contributed by atoms with Gasteiger partial charge in [-0.05, 0) is 12.1 Å². The van der Waals surface area contributed by atoms with Crippen molar-refractivity contribution in [3.63, 3.8) is 0 Å². The highest BCUT2D eigenvalue weighted by atomic mass is 35.5. The summed E-state index contributed by atoms with van der Waals surface area (Å²) in [6.07, 6.45) is 6.07. The Balaban J connectivity index is 2.52. The van der Waals surface area contributed by atoms with Crippen LogP contribution >= 0.6 is 11.6 Å². The number of carbonyl (C=O) groups is 1. The van der Waals surface area contributed by atoms with E-state index in [4.69, 9.17) is 17.3 Å². The van der Waals surface area contributed by atoms with Crippen molar-refractivity contribution in [1.29, 1.82) is 0 Å². The Morgan fingerprint density at radius 2 is 2.40 bits per heavy atom. The summed E-state index contributed by atoms with van der Waals surface area (Å²) in [5.74, 6) is -0.517. The Hall–Kier alpha value is -1.88. The third-order valence-electron chi connectivity index (χ3n) is 1.79. The predicted molar refractivity (Wildman–Crippen MR) is 56.2 cm³/mol. The number of halogens is 1. The topological polar surface area (TPSA) is 73.3 Å². The summed E-state index contributed by atoms with van der Waals surface area (Å²) in [7, 11) is 0. The van der Waals surface area contributed by atoms with Crippen LogP contribution in [0.5, 0.6) is 0 Å². The van der Waals surface area contributed by atoms with E-state index in [1.807, 2.05) is 0 Å². The van der Waals surface area contributed by atoms with Gasteiger partial charge in [0, 0.05) is 17.8 Å². The molecule has 0 aliphatic heterocycles. The van der Waals surface area contributed by atoms with E-state index >= 15 is 0 Å². The first-order chi connectivity index (χ1) is 7.16. The van der Waals surface area contributed by atoms with Crippen molar-refractivity contribution in [3.05, 3.63) is 35.3 Å². The molecule has 0 aliphatic carbocycles. The molecule has 2 aromatic heterocycles. The lowest BCUT2D eigenvalue weighted by molar-refractivity contribution is -0.113. The number of hydrogen-bond acceptors (Lipinski definition) is 3. The van der Waals surface area contributed by atoms with Crippen LogP contribution in [0.1, 0.15) is 5.56 Å². The van der Waals surface area contributed by atoms with Crippen molar-refractivity contribution in [2.75, 3.05) is 0 Å². The van der Waals surface area contributed by atoms with Crippen molar-refractivity contribution in [2.24, 2.45) is 5.73 Å².